The van der Waals surface area contributed by atoms with E-state index >= 15 is 0 Å². The molecule has 2 N–H and O–H groups in total. The van der Waals surface area contributed by atoms with Crippen molar-refractivity contribution >= 4 is 10.9 Å². The van der Waals surface area contributed by atoms with Crippen LogP contribution >= 0.6 is 0 Å². The fourth-order valence-electron chi connectivity index (χ4n) is 3.13. The van der Waals surface area contributed by atoms with Crippen LogP contribution in [0.2, 0.25) is 0 Å². The summed E-state index contributed by atoms with van der Waals surface area (Å²) < 4.78 is 10.6. The van der Waals surface area contributed by atoms with Crippen LogP contribution < -0.4 is 20.3 Å². The van der Waals surface area contributed by atoms with Gasteiger partial charge in [0.15, 0.2) is 0 Å². The molecule has 3 rings (SSSR count). The molecule has 26 heavy (non-hydrogen) atoms. The third kappa shape index (κ3) is 3.89. The van der Waals surface area contributed by atoms with E-state index in [-0.39, 0.29) is 11.6 Å². The van der Waals surface area contributed by atoms with Gasteiger partial charge in [-0.15, -0.1) is 0 Å². The topological polar surface area (TPSA) is 63.4 Å². The smallest absolute Gasteiger partial charge is 0.248 e. The molecule has 1 atom stereocenters. The summed E-state index contributed by atoms with van der Waals surface area (Å²) in [7, 11) is 3.28. The Kier molecular flexibility index (Phi) is 5.58. The number of ether oxygens (including phenoxy) is 2. The van der Waals surface area contributed by atoms with E-state index in [1.165, 1.54) is 5.56 Å². The molecule has 0 saturated heterocycles. The van der Waals surface area contributed by atoms with Gasteiger partial charge in [-0.2, -0.15) is 0 Å². The maximum atomic E-state index is 11.7. The lowest BCUT2D eigenvalue weighted by molar-refractivity contribution is 0.414. The third-order valence-corrected chi connectivity index (χ3v) is 4.60. The van der Waals surface area contributed by atoms with Crippen LogP contribution in [0.5, 0.6) is 11.5 Å². The monoisotopic (exact) mass is 352 g/mol. The minimum atomic E-state index is -0.131. The summed E-state index contributed by atoms with van der Waals surface area (Å²) in [5.74, 6) is 1.54. The molecule has 0 amide bonds. The predicted octanol–water partition coefficient (Wildman–Crippen LogP) is 3.44. The normalized spacial score (nSPS) is 12.1. The second-order valence-corrected chi connectivity index (χ2v) is 6.24. The fourth-order valence-corrected chi connectivity index (χ4v) is 3.13. The van der Waals surface area contributed by atoms with Gasteiger partial charge in [-0.05, 0) is 55.3 Å². The van der Waals surface area contributed by atoms with Crippen LogP contribution in [-0.4, -0.2) is 25.7 Å². The van der Waals surface area contributed by atoms with Crippen molar-refractivity contribution in [3.63, 3.8) is 0 Å². The summed E-state index contributed by atoms with van der Waals surface area (Å²) in [6.07, 6.45) is 0.930. The van der Waals surface area contributed by atoms with Crippen LogP contribution in [-0.2, 0) is 6.42 Å². The van der Waals surface area contributed by atoms with Gasteiger partial charge < -0.3 is 19.8 Å². The molecule has 0 fully saturated rings. The van der Waals surface area contributed by atoms with Crippen molar-refractivity contribution in [2.45, 2.75) is 19.4 Å². The summed E-state index contributed by atoms with van der Waals surface area (Å²) in [5.41, 5.74) is 3.00. The number of hydrogen-bond acceptors (Lipinski definition) is 4. The van der Waals surface area contributed by atoms with Gasteiger partial charge in [-0.1, -0.05) is 18.2 Å². The molecular weight excluding hydrogens is 328 g/mol. The number of H-pyrrole nitrogens is 1. The van der Waals surface area contributed by atoms with E-state index < -0.39 is 0 Å². The third-order valence-electron chi connectivity index (χ3n) is 4.60. The van der Waals surface area contributed by atoms with Crippen LogP contribution in [0.3, 0.4) is 0 Å². The second-order valence-electron chi connectivity index (χ2n) is 6.24. The highest BCUT2D eigenvalue weighted by atomic mass is 16.5. The molecule has 0 aliphatic heterocycles. The first-order chi connectivity index (χ1) is 12.6. The van der Waals surface area contributed by atoms with Gasteiger partial charge in [0.1, 0.15) is 11.5 Å². The standard InChI is InChI=1S/C21H24N2O3/c1-14(22-13-12-15-4-6-16(25-2)7-5-15)17-8-10-19(26-3)21-18(17)9-11-20(24)23-21/h4-11,14,22H,12-13H2,1-3H3,(H,23,24). The fraction of sp³-hybridized carbons (Fsp3) is 0.286. The van der Waals surface area contributed by atoms with Crippen LogP contribution in [0.25, 0.3) is 10.9 Å². The Bertz CT molecular complexity index is 932. The first kappa shape index (κ1) is 18.0. The average Bonchev–Trinajstić information content (AvgIpc) is 2.67. The minimum absolute atomic E-state index is 0.131. The number of nitrogens with one attached hydrogen (secondary N) is 2. The van der Waals surface area contributed by atoms with Crippen molar-refractivity contribution in [2.75, 3.05) is 20.8 Å². The zero-order valence-corrected chi connectivity index (χ0v) is 15.3. The first-order valence-electron chi connectivity index (χ1n) is 8.68. The van der Waals surface area contributed by atoms with Crippen LogP contribution in [0.1, 0.15) is 24.1 Å². The molecule has 1 heterocycles. The van der Waals surface area contributed by atoms with Gasteiger partial charge in [0, 0.05) is 17.5 Å². The van der Waals surface area contributed by atoms with E-state index in [2.05, 4.69) is 29.4 Å². The molecular formula is C21H24N2O3. The van der Waals surface area contributed by atoms with E-state index in [0.717, 1.165) is 35.2 Å². The predicted molar refractivity (Wildman–Crippen MR) is 104 cm³/mol. The highest BCUT2D eigenvalue weighted by Crippen LogP contribution is 2.29. The molecule has 2 aromatic carbocycles. The quantitative estimate of drug-likeness (QED) is 0.684. The van der Waals surface area contributed by atoms with E-state index in [0.29, 0.717) is 5.75 Å². The highest BCUT2D eigenvalue weighted by Gasteiger charge is 2.12. The molecule has 1 unspecified atom stereocenters. The summed E-state index contributed by atoms with van der Waals surface area (Å²) in [6.45, 7) is 2.98. The van der Waals surface area contributed by atoms with E-state index in [4.69, 9.17) is 9.47 Å². The molecule has 1 aromatic heterocycles. The molecule has 5 nitrogen and oxygen atoms in total. The number of aromatic nitrogens is 1. The minimum Gasteiger partial charge on any atom is -0.497 e. The molecule has 5 heteroatoms. The number of fused-ring (bicyclic) bond motifs is 1. The van der Waals surface area contributed by atoms with Crippen molar-refractivity contribution in [1.82, 2.24) is 10.3 Å². The van der Waals surface area contributed by atoms with Crippen molar-refractivity contribution in [3.8, 4) is 11.5 Å². The summed E-state index contributed by atoms with van der Waals surface area (Å²) in [5, 5.41) is 4.55. The SMILES string of the molecule is COc1ccc(CCNC(C)c2ccc(OC)c3[nH]c(=O)ccc23)cc1. The lowest BCUT2D eigenvalue weighted by Crippen LogP contribution is -2.22. The average molecular weight is 352 g/mol. The number of aromatic amines is 1. The molecule has 3 aromatic rings. The molecule has 0 aliphatic rings. The number of benzene rings is 2. The zero-order chi connectivity index (χ0) is 18.5. The zero-order valence-electron chi connectivity index (χ0n) is 15.3. The molecule has 0 radical (unpaired) electrons. The lowest BCUT2D eigenvalue weighted by atomic mass is 10.0. The van der Waals surface area contributed by atoms with Gasteiger partial charge in [0.05, 0.1) is 19.7 Å². The van der Waals surface area contributed by atoms with E-state index in [9.17, 15) is 4.79 Å². The Labute approximate surface area is 153 Å². The summed E-state index contributed by atoms with van der Waals surface area (Å²) in [6, 6.07) is 15.6. The number of pyridine rings is 1. The van der Waals surface area contributed by atoms with Crippen molar-refractivity contribution in [3.05, 3.63) is 70.0 Å². The number of rotatable bonds is 7. The van der Waals surface area contributed by atoms with Gasteiger partial charge >= 0.3 is 0 Å². The van der Waals surface area contributed by atoms with Crippen LogP contribution in [0, 0.1) is 0 Å². The Hall–Kier alpha value is -2.79. The highest BCUT2D eigenvalue weighted by molar-refractivity contribution is 5.87. The Morgan fingerprint density at radius 2 is 1.77 bits per heavy atom. The Balaban J connectivity index is 1.73. The van der Waals surface area contributed by atoms with Crippen LogP contribution in [0.4, 0.5) is 0 Å². The van der Waals surface area contributed by atoms with Gasteiger partial charge in [-0.3, -0.25) is 4.79 Å². The maximum absolute atomic E-state index is 11.7. The van der Waals surface area contributed by atoms with Crippen molar-refractivity contribution in [2.24, 2.45) is 0 Å². The summed E-state index contributed by atoms with van der Waals surface area (Å²) in [4.78, 5) is 14.5. The van der Waals surface area contributed by atoms with E-state index in [1.807, 2.05) is 30.3 Å². The summed E-state index contributed by atoms with van der Waals surface area (Å²) >= 11 is 0. The van der Waals surface area contributed by atoms with Crippen molar-refractivity contribution < 1.29 is 9.47 Å². The molecule has 0 saturated carbocycles. The second kappa shape index (κ2) is 8.06. The molecule has 0 spiro atoms. The molecule has 136 valence electrons. The molecule has 0 aliphatic carbocycles. The van der Waals surface area contributed by atoms with E-state index in [1.54, 1.807) is 20.3 Å². The van der Waals surface area contributed by atoms with Crippen LogP contribution in [0.15, 0.2) is 53.3 Å². The van der Waals surface area contributed by atoms with Crippen molar-refractivity contribution in [1.29, 1.82) is 0 Å². The number of methoxy groups -OCH3 is 2. The van der Waals surface area contributed by atoms with Gasteiger partial charge in [0.25, 0.3) is 0 Å². The Morgan fingerprint density at radius 1 is 1.00 bits per heavy atom. The first-order valence-corrected chi connectivity index (χ1v) is 8.68. The number of hydrogen-bond donors (Lipinski definition) is 2. The largest absolute Gasteiger partial charge is 0.497 e. The maximum Gasteiger partial charge on any atom is 0.248 e. The van der Waals surface area contributed by atoms with Gasteiger partial charge in [0.2, 0.25) is 5.56 Å². The molecule has 0 bridgehead atoms. The lowest BCUT2D eigenvalue weighted by Gasteiger charge is -2.18. The Morgan fingerprint density at radius 3 is 2.46 bits per heavy atom. The van der Waals surface area contributed by atoms with Gasteiger partial charge in [-0.25, -0.2) is 0 Å².